The van der Waals surface area contributed by atoms with E-state index in [4.69, 9.17) is 9.31 Å². The van der Waals surface area contributed by atoms with Crippen LogP contribution in [0.15, 0.2) is 121 Å². The van der Waals surface area contributed by atoms with E-state index in [9.17, 15) is 5.02 Å². The maximum atomic E-state index is 10.8. The van der Waals surface area contributed by atoms with E-state index in [0.717, 1.165) is 22.3 Å². The van der Waals surface area contributed by atoms with Crippen LogP contribution in [0.3, 0.4) is 0 Å². The number of hydrogen-bond acceptors (Lipinski definition) is 3. The van der Waals surface area contributed by atoms with Crippen molar-refractivity contribution in [2.45, 2.75) is 91.3 Å². The monoisotopic (exact) mass is 636 g/mol. The molecule has 0 unspecified atom stereocenters. The highest BCUT2D eigenvalue weighted by Crippen LogP contribution is 2.30. The maximum Gasteiger partial charge on any atom is 0.638 e. The summed E-state index contributed by atoms with van der Waals surface area (Å²) < 4.78 is 13.5. The molecule has 0 spiro atoms. The van der Waals surface area contributed by atoms with Gasteiger partial charge in [0.25, 0.3) is 0 Å². The first-order valence-electron chi connectivity index (χ1n) is 18.1. The molecule has 0 saturated carbocycles. The molecular weight excluding hydrogens is 577 g/mol. The second kappa shape index (κ2) is 22.4. The van der Waals surface area contributed by atoms with Crippen LogP contribution in [0, 0.1) is 0 Å². The van der Waals surface area contributed by atoms with E-state index in [-0.39, 0.29) is 0 Å². The lowest BCUT2D eigenvalue weighted by Crippen LogP contribution is -2.50. The first kappa shape index (κ1) is 38.2. The summed E-state index contributed by atoms with van der Waals surface area (Å²) in [6.45, 7) is 15.0. The molecule has 0 bridgehead atoms. The quantitative estimate of drug-likeness (QED) is 0.0775. The highest BCUT2D eigenvalue weighted by atomic mass is 16.7. The molecule has 0 atom stereocenters. The summed E-state index contributed by atoms with van der Waals surface area (Å²) in [5.41, 5.74) is 3.79. The van der Waals surface area contributed by atoms with Gasteiger partial charge in [0.15, 0.2) is 0 Å². The fraction of sp³-hybridized carbons (Fsp3) is 0.429. The van der Waals surface area contributed by atoms with Gasteiger partial charge in [-0.1, -0.05) is 175 Å². The molecule has 0 amide bonds. The van der Waals surface area contributed by atoms with Crippen molar-refractivity contribution in [2.75, 3.05) is 26.2 Å². The Balaban J connectivity index is 0.000000303. The molecule has 0 fully saturated rings. The SMILES string of the molecule is CCCC[N+](CCCC)(CCCC)CCCC.OB(OC(c1ccccc1)c1ccccc1)OC(c1ccccc1)c1ccccc1. The molecular formula is C42H59BNO3+. The molecule has 0 heterocycles. The van der Waals surface area contributed by atoms with E-state index >= 15 is 0 Å². The standard InChI is InChI=1S/C26H23BO3.C16H36N/c28-27(29-25(21-13-5-1-6-14-21)22-15-7-2-8-16-22)30-26(23-17-9-3-10-18-23)24-19-11-4-12-20-24;1-5-9-13-17(14-10-6-2,15-11-7-3)16-12-8-4/h1-20,25-26,28H;5-16H2,1-4H3/q;+1. The van der Waals surface area contributed by atoms with Gasteiger partial charge in [-0.15, -0.1) is 0 Å². The minimum atomic E-state index is -1.42. The minimum Gasteiger partial charge on any atom is -0.402 e. The summed E-state index contributed by atoms with van der Waals surface area (Å²) in [5, 5.41) is 10.8. The first-order chi connectivity index (χ1) is 23.1. The van der Waals surface area contributed by atoms with Gasteiger partial charge < -0.3 is 18.8 Å². The van der Waals surface area contributed by atoms with Crippen LogP contribution in [0.25, 0.3) is 0 Å². The van der Waals surface area contributed by atoms with Gasteiger partial charge in [0.2, 0.25) is 0 Å². The minimum absolute atomic E-state index is 0.449. The number of unbranched alkanes of at least 4 members (excludes halogenated alkanes) is 4. The Kier molecular flexibility index (Phi) is 18.2. The van der Waals surface area contributed by atoms with Crippen molar-refractivity contribution in [3.05, 3.63) is 144 Å². The van der Waals surface area contributed by atoms with Gasteiger partial charge in [-0.3, -0.25) is 0 Å². The maximum absolute atomic E-state index is 10.8. The fourth-order valence-electron chi connectivity index (χ4n) is 6.12. The van der Waals surface area contributed by atoms with Gasteiger partial charge in [-0.05, 0) is 47.9 Å². The Morgan fingerprint density at radius 2 is 0.681 bits per heavy atom. The molecule has 4 nitrogen and oxygen atoms in total. The smallest absolute Gasteiger partial charge is 0.402 e. The lowest BCUT2D eigenvalue weighted by Gasteiger charge is -2.39. The van der Waals surface area contributed by atoms with Crippen molar-refractivity contribution in [3.63, 3.8) is 0 Å². The molecule has 4 aromatic carbocycles. The zero-order valence-corrected chi connectivity index (χ0v) is 29.5. The third-order valence-corrected chi connectivity index (χ3v) is 8.86. The van der Waals surface area contributed by atoms with Gasteiger partial charge in [0, 0.05) is 0 Å². The highest BCUT2D eigenvalue weighted by molar-refractivity contribution is 6.34. The van der Waals surface area contributed by atoms with Crippen molar-refractivity contribution in [3.8, 4) is 0 Å². The van der Waals surface area contributed by atoms with E-state index in [0.29, 0.717) is 0 Å². The molecule has 0 aliphatic rings. The number of quaternary nitrogens is 1. The van der Waals surface area contributed by atoms with Crippen LogP contribution in [0.1, 0.15) is 114 Å². The van der Waals surface area contributed by atoms with Gasteiger partial charge >= 0.3 is 7.32 Å². The van der Waals surface area contributed by atoms with E-state index in [1.54, 1.807) is 0 Å². The lowest BCUT2D eigenvalue weighted by molar-refractivity contribution is -0.929. The average molecular weight is 637 g/mol. The summed E-state index contributed by atoms with van der Waals surface area (Å²) in [6.07, 6.45) is 10.2. The molecule has 4 aromatic rings. The van der Waals surface area contributed by atoms with Crippen LogP contribution in [-0.2, 0) is 9.31 Å². The summed E-state index contributed by atoms with van der Waals surface area (Å²) in [7, 11) is -1.42. The third-order valence-electron chi connectivity index (χ3n) is 8.86. The number of rotatable bonds is 20. The lowest BCUT2D eigenvalue weighted by atomic mass is 9.98. The first-order valence-corrected chi connectivity index (χ1v) is 18.1. The van der Waals surface area contributed by atoms with Crippen molar-refractivity contribution in [1.29, 1.82) is 0 Å². The second-order valence-electron chi connectivity index (χ2n) is 12.6. The summed E-state index contributed by atoms with van der Waals surface area (Å²) in [5.74, 6) is 0. The van der Waals surface area contributed by atoms with E-state index in [1.165, 1.54) is 82.0 Å². The Hall–Kier alpha value is -3.22. The van der Waals surface area contributed by atoms with Crippen LogP contribution in [0.5, 0.6) is 0 Å². The van der Waals surface area contributed by atoms with Crippen LogP contribution >= 0.6 is 0 Å². The third kappa shape index (κ3) is 13.4. The zero-order valence-electron chi connectivity index (χ0n) is 29.5. The van der Waals surface area contributed by atoms with Crippen LogP contribution < -0.4 is 0 Å². The topological polar surface area (TPSA) is 38.7 Å². The zero-order chi connectivity index (χ0) is 33.6. The highest BCUT2D eigenvalue weighted by Gasteiger charge is 2.29. The molecule has 0 aliphatic carbocycles. The van der Waals surface area contributed by atoms with Crippen LogP contribution in [-0.4, -0.2) is 43.0 Å². The van der Waals surface area contributed by atoms with Crippen molar-refractivity contribution < 1.29 is 18.8 Å². The van der Waals surface area contributed by atoms with Gasteiger partial charge in [-0.25, -0.2) is 0 Å². The molecule has 252 valence electrons. The van der Waals surface area contributed by atoms with Crippen molar-refractivity contribution in [2.24, 2.45) is 0 Å². The summed E-state index contributed by atoms with van der Waals surface area (Å²) in [4.78, 5) is 0. The van der Waals surface area contributed by atoms with Gasteiger partial charge in [0.05, 0.1) is 38.4 Å². The Labute approximate surface area is 286 Å². The fourth-order valence-corrected chi connectivity index (χ4v) is 6.12. The van der Waals surface area contributed by atoms with Crippen LogP contribution in [0.4, 0.5) is 0 Å². The molecule has 0 radical (unpaired) electrons. The van der Waals surface area contributed by atoms with Crippen LogP contribution in [0.2, 0.25) is 0 Å². The molecule has 0 aliphatic heterocycles. The molecule has 47 heavy (non-hydrogen) atoms. The van der Waals surface area contributed by atoms with Gasteiger partial charge in [0.1, 0.15) is 0 Å². The Morgan fingerprint density at radius 3 is 0.894 bits per heavy atom. The number of hydrogen-bond donors (Lipinski definition) is 1. The van der Waals surface area contributed by atoms with E-state index in [1.807, 2.05) is 121 Å². The summed E-state index contributed by atoms with van der Waals surface area (Å²) in [6, 6.07) is 39.3. The average Bonchev–Trinajstić information content (AvgIpc) is 3.14. The predicted octanol–water partition coefficient (Wildman–Crippen LogP) is 10.6. The normalized spacial score (nSPS) is 11.4. The number of benzene rings is 4. The van der Waals surface area contributed by atoms with Crippen molar-refractivity contribution >= 4 is 7.32 Å². The predicted molar refractivity (Wildman–Crippen MR) is 199 cm³/mol. The number of nitrogens with zero attached hydrogens (tertiary/aromatic N) is 1. The van der Waals surface area contributed by atoms with Gasteiger partial charge in [-0.2, -0.15) is 0 Å². The molecule has 0 saturated heterocycles. The molecule has 5 heteroatoms. The Bertz CT molecular complexity index is 1110. The molecule has 0 aromatic heterocycles. The largest absolute Gasteiger partial charge is 0.638 e. The van der Waals surface area contributed by atoms with E-state index < -0.39 is 19.5 Å². The molecule has 4 rings (SSSR count). The molecule has 1 N–H and O–H groups in total. The van der Waals surface area contributed by atoms with Crippen molar-refractivity contribution in [1.82, 2.24) is 0 Å². The summed E-state index contributed by atoms with van der Waals surface area (Å²) >= 11 is 0. The Morgan fingerprint density at radius 1 is 0.447 bits per heavy atom. The second-order valence-corrected chi connectivity index (χ2v) is 12.6. The van der Waals surface area contributed by atoms with E-state index in [2.05, 4.69) is 27.7 Å².